The Kier molecular flexibility index (Phi) is 5.29. The number of nitrogens with one attached hydrogen (secondary N) is 2. The van der Waals surface area contributed by atoms with Gasteiger partial charge < -0.3 is 19.9 Å². The lowest BCUT2D eigenvalue weighted by atomic mass is 10.2. The molecule has 0 radical (unpaired) electrons. The molecule has 1 aliphatic heterocycles. The molecule has 0 unspecified atom stereocenters. The summed E-state index contributed by atoms with van der Waals surface area (Å²) in [6, 6.07) is 8.22. The maximum Gasteiger partial charge on any atom is 0.333 e. The van der Waals surface area contributed by atoms with Gasteiger partial charge in [0.15, 0.2) is 0 Å². The average Bonchev–Trinajstić information content (AvgIpc) is 3.29. The van der Waals surface area contributed by atoms with E-state index < -0.39 is 17.2 Å². The Labute approximate surface area is 171 Å². The summed E-state index contributed by atoms with van der Waals surface area (Å²) in [6.45, 7) is 1.79. The number of hydrogen-bond donors (Lipinski definition) is 2. The quantitative estimate of drug-likeness (QED) is 0.650. The van der Waals surface area contributed by atoms with E-state index in [-0.39, 0.29) is 17.1 Å². The highest BCUT2D eigenvalue weighted by molar-refractivity contribution is 6.03. The van der Waals surface area contributed by atoms with E-state index in [2.05, 4.69) is 25.2 Å². The Balaban J connectivity index is 1.67. The molecule has 2 aromatic heterocycles. The maximum atomic E-state index is 13.0. The molecule has 0 saturated carbocycles. The summed E-state index contributed by atoms with van der Waals surface area (Å²) in [5, 5.41) is 2.61. The SMILES string of the molecule is COc1ccccc1-n1c(=O)[nH]cc(C(=O)Nc2cc(N3CCCC3)ncn2)c1=O. The van der Waals surface area contributed by atoms with Crippen LogP contribution >= 0.6 is 0 Å². The molecule has 1 saturated heterocycles. The predicted octanol–water partition coefficient (Wildman–Crippen LogP) is 1.18. The van der Waals surface area contributed by atoms with Gasteiger partial charge in [-0.3, -0.25) is 9.59 Å². The molecule has 0 bridgehead atoms. The van der Waals surface area contributed by atoms with Crippen molar-refractivity contribution in [1.29, 1.82) is 0 Å². The fourth-order valence-corrected chi connectivity index (χ4v) is 3.39. The van der Waals surface area contributed by atoms with Crippen LogP contribution in [0.3, 0.4) is 0 Å². The minimum absolute atomic E-state index is 0.234. The number of carbonyl (C=O) groups excluding carboxylic acids is 1. The van der Waals surface area contributed by atoms with Gasteiger partial charge in [0.25, 0.3) is 11.5 Å². The number of methoxy groups -OCH3 is 1. The van der Waals surface area contributed by atoms with Crippen LogP contribution in [-0.2, 0) is 0 Å². The van der Waals surface area contributed by atoms with Crippen LogP contribution < -0.4 is 26.2 Å². The second-order valence-corrected chi connectivity index (χ2v) is 6.73. The molecule has 30 heavy (non-hydrogen) atoms. The van der Waals surface area contributed by atoms with E-state index in [9.17, 15) is 14.4 Å². The van der Waals surface area contributed by atoms with E-state index in [0.717, 1.165) is 36.7 Å². The number of anilines is 2. The van der Waals surface area contributed by atoms with Crippen LogP contribution in [-0.4, -0.2) is 45.6 Å². The van der Waals surface area contributed by atoms with Gasteiger partial charge in [-0.15, -0.1) is 0 Å². The number of carbonyl (C=O) groups is 1. The number of amides is 1. The first-order valence-corrected chi connectivity index (χ1v) is 9.45. The predicted molar refractivity (Wildman–Crippen MR) is 111 cm³/mol. The monoisotopic (exact) mass is 408 g/mol. The number of hydrogen-bond acceptors (Lipinski definition) is 7. The Hall–Kier alpha value is -3.95. The van der Waals surface area contributed by atoms with E-state index >= 15 is 0 Å². The zero-order chi connectivity index (χ0) is 21.1. The molecule has 4 rings (SSSR count). The molecule has 1 aromatic carbocycles. The normalized spacial score (nSPS) is 13.3. The molecule has 0 spiro atoms. The number of benzene rings is 1. The first kappa shape index (κ1) is 19.4. The second kappa shape index (κ2) is 8.19. The van der Waals surface area contributed by atoms with Crippen molar-refractivity contribution in [2.75, 3.05) is 30.4 Å². The summed E-state index contributed by atoms with van der Waals surface area (Å²) >= 11 is 0. The minimum atomic E-state index is -0.769. The second-order valence-electron chi connectivity index (χ2n) is 6.73. The van der Waals surface area contributed by atoms with E-state index in [1.54, 1.807) is 30.3 Å². The Morgan fingerprint density at radius 3 is 2.70 bits per heavy atom. The summed E-state index contributed by atoms with van der Waals surface area (Å²) in [4.78, 5) is 50.9. The lowest BCUT2D eigenvalue weighted by Gasteiger charge is -2.16. The summed E-state index contributed by atoms with van der Waals surface area (Å²) in [7, 11) is 1.43. The Morgan fingerprint density at radius 1 is 1.17 bits per heavy atom. The first-order valence-electron chi connectivity index (χ1n) is 9.45. The fourth-order valence-electron chi connectivity index (χ4n) is 3.39. The first-order chi connectivity index (χ1) is 14.6. The number of H-pyrrole nitrogens is 1. The number of aromatic nitrogens is 4. The van der Waals surface area contributed by atoms with Crippen LogP contribution in [0.2, 0.25) is 0 Å². The molecule has 154 valence electrons. The molecule has 2 N–H and O–H groups in total. The van der Waals surface area contributed by atoms with Crippen LogP contribution in [0.1, 0.15) is 23.2 Å². The van der Waals surface area contributed by atoms with Gasteiger partial charge >= 0.3 is 5.69 Å². The standard InChI is InChI=1S/C20H20N6O4/c1-30-15-7-3-2-6-14(15)26-19(28)13(11-21-20(26)29)18(27)24-16-10-17(23-12-22-16)25-8-4-5-9-25/h2-3,6-7,10-12H,4-5,8-9H2,1H3,(H,21,29)(H,22,23,24,27). The lowest BCUT2D eigenvalue weighted by Crippen LogP contribution is -2.38. The largest absolute Gasteiger partial charge is 0.495 e. The maximum absolute atomic E-state index is 13.0. The number of rotatable bonds is 5. The number of para-hydroxylation sites is 2. The molecule has 1 aliphatic rings. The van der Waals surface area contributed by atoms with Gasteiger partial charge in [0.2, 0.25) is 0 Å². The van der Waals surface area contributed by atoms with E-state index in [1.807, 2.05) is 0 Å². The highest BCUT2D eigenvalue weighted by Gasteiger charge is 2.19. The highest BCUT2D eigenvalue weighted by Crippen LogP contribution is 2.20. The van der Waals surface area contributed by atoms with Crippen LogP contribution in [0.5, 0.6) is 5.75 Å². The lowest BCUT2D eigenvalue weighted by molar-refractivity contribution is 0.102. The van der Waals surface area contributed by atoms with Crippen molar-refractivity contribution in [3.05, 3.63) is 69.3 Å². The molecule has 10 nitrogen and oxygen atoms in total. The Bertz CT molecular complexity index is 1200. The van der Waals surface area contributed by atoms with Gasteiger partial charge in [0.1, 0.15) is 29.3 Å². The Morgan fingerprint density at radius 2 is 1.93 bits per heavy atom. The van der Waals surface area contributed by atoms with Gasteiger partial charge in [-0.25, -0.2) is 19.3 Å². The third-order valence-corrected chi connectivity index (χ3v) is 4.87. The average molecular weight is 408 g/mol. The summed E-state index contributed by atoms with van der Waals surface area (Å²) in [6.07, 6.45) is 4.63. The molecule has 3 heterocycles. The fraction of sp³-hybridized carbons (Fsp3) is 0.250. The molecule has 1 amide bonds. The van der Waals surface area contributed by atoms with Gasteiger partial charge in [0, 0.05) is 25.4 Å². The summed E-state index contributed by atoms with van der Waals surface area (Å²) in [5.74, 6) is 0.622. The van der Waals surface area contributed by atoms with Gasteiger partial charge in [-0.2, -0.15) is 0 Å². The van der Waals surface area contributed by atoms with E-state index in [1.165, 1.54) is 13.4 Å². The van der Waals surface area contributed by atoms with Crippen LogP contribution in [0.4, 0.5) is 11.6 Å². The van der Waals surface area contributed by atoms with Crippen molar-refractivity contribution in [2.24, 2.45) is 0 Å². The molecule has 1 fully saturated rings. The summed E-state index contributed by atoms with van der Waals surface area (Å²) < 4.78 is 6.10. The van der Waals surface area contributed by atoms with Crippen LogP contribution in [0.15, 0.2) is 52.4 Å². The molecule has 10 heteroatoms. The van der Waals surface area contributed by atoms with Gasteiger partial charge in [0.05, 0.1) is 12.8 Å². The third kappa shape index (κ3) is 3.66. The van der Waals surface area contributed by atoms with Crippen molar-refractivity contribution >= 4 is 17.5 Å². The zero-order valence-electron chi connectivity index (χ0n) is 16.3. The molecular formula is C20H20N6O4. The van der Waals surface area contributed by atoms with Crippen molar-refractivity contribution in [2.45, 2.75) is 12.8 Å². The van der Waals surface area contributed by atoms with Gasteiger partial charge in [-0.1, -0.05) is 12.1 Å². The third-order valence-electron chi connectivity index (χ3n) is 4.87. The van der Waals surface area contributed by atoms with E-state index in [0.29, 0.717) is 11.6 Å². The number of aromatic amines is 1. The number of nitrogens with zero attached hydrogens (tertiary/aromatic N) is 4. The smallest absolute Gasteiger partial charge is 0.333 e. The molecule has 3 aromatic rings. The van der Waals surface area contributed by atoms with Gasteiger partial charge in [-0.05, 0) is 25.0 Å². The van der Waals surface area contributed by atoms with Crippen LogP contribution in [0, 0.1) is 0 Å². The minimum Gasteiger partial charge on any atom is -0.495 e. The zero-order valence-corrected chi connectivity index (χ0v) is 16.3. The van der Waals surface area contributed by atoms with E-state index in [4.69, 9.17) is 4.74 Å². The topological polar surface area (TPSA) is 122 Å². The molecule has 0 atom stereocenters. The molecule has 0 aliphatic carbocycles. The highest BCUT2D eigenvalue weighted by atomic mass is 16.5. The number of ether oxygens (including phenoxy) is 1. The molecular weight excluding hydrogens is 388 g/mol. The summed E-state index contributed by atoms with van der Waals surface area (Å²) in [5.41, 5.74) is -1.45. The van der Waals surface area contributed by atoms with Crippen molar-refractivity contribution in [3.63, 3.8) is 0 Å². The van der Waals surface area contributed by atoms with Crippen LogP contribution in [0.25, 0.3) is 5.69 Å². The van der Waals surface area contributed by atoms with Crippen molar-refractivity contribution < 1.29 is 9.53 Å². The van der Waals surface area contributed by atoms with Crippen molar-refractivity contribution in [3.8, 4) is 11.4 Å². The van der Waals surface area contributed by atoms with Crippen molar-refractivity contribution in [1.82, 2.24) is 19.5 Å².